The number of rotatable bonds is 6. The van der Waals surface area contributed by atoms with Crippen molar-refractivity contribution in [1.82, 2.24) is 5.32 Å². The maximum atomic E-state index is 11.8. The molecule has 1 fully saturated rings. The van der Waals surface area contributed by atoms with E-state index in [0.29, 0.717) is 18.4 Å². The molecular formula is C14H28N2O. The Bertz CT molecular complexity index is 220. The molecule has 1 amide bonds. The quantitative estimate of drug-likeness (QED) is 0.750. The molecule has 3 heteroatoms. The van der Waals surface area contributed by atoms with E-state index in [-0.39, 0.29) is 11.9 Å². The number of nitrogens with one attached hydrogen (secondary N) is 1. The highest BCUT2D eigenvalue weighted by atomic mass is 16.1. The third-order valence-electron chi connectivity index (χ3n) is 4.03. The second-order valence-electron chi connectivity index (χ2n) is 5.35. The first-order chi connectivity index (χ1) is 8.17. The summed E-state index contributed by atoms with van der Waals surface area (Å²) >= 11 is 0. The molecule has 0 aromatic carbocycles. The molecule has 0 aliphatic heterocycles. The van der Waals surface area contributed by atoms with Crippen molar-refractivity contribution in [3.05, 3.63) is 0 Å². The molecule has 0 aromatic heterocycles. The summed E-state index contributed by atoms with van der Waals surface area (Å²) in [6, 6.07) is 0.380. The van der Waals surface area contributed by atoms with Crippen LogP contribution in [-0.2, 0) is 4.79 Å². The number of hydrogen-bond donors (Lipinski definition) is 2. The van der Waals surface area contributed by atoms with Crippen molar-refractivity contribution in [2.24, 2.45) is 11.7 Å². The van der Waals surface area contributed by atoms with E-state index < -0.39 is 0 Å². The highest BCUT2D eigenvalue weighted by molar-refractivity contribution is 5.76. The number of amides is 1. The average molecular weight is 240 g/mol. The number of carbonyl (C=O) groups is 1. The molecule has 0 bridgehead atoms. The molecule has 100 valence electrons. The minimum Gasteiger partial charge on any atom is -0.353 e. The molecule has 17 heavy (non-hydrogen) atoms. The molecule has 0 radical (unpaired) electrons. The monoisotopic (exact) mass is 240 g/mol. The van der Waals surface area contributed by atoms with Crippen LogP contribution in [0.25, 0.3) is 0 Å². The van der Waals surface area contributed by atoms with Crippen LogP contribution < -0.4 is 11.1 Å². The van der Waals surface area contributed by atoms with Gasteiger partial charge in [0.15, 0.2) is 0 Å². The van der Waals surface area contributed by atoms with Gasteiger partial charge in [0.25, 0.3) is 0 Å². The van der Waals surface area contributed by atoms with E-state index >= 15 is 0 Å². The number of nitrogens with two attached hydrogens (primary N) is 1. The standard InChI is InChI=1S/C14H28N2O/c1-3-12(4-2)16-14(17)10-13(15)11-8-6-5-7-9-11/h11-13H,3-10,15H2,1-2H3,(H,16,17). The summed E-state index contributed by atoms with van der Waals surface area (Å²) in [5, 5.41) is 3.07. The Labute approximate surface area is 106 Å². The zero-order valence-electron chi connectivity index (χ0n) is 11.4. The van der Waals surface area contributed by atoms with Gasteiger partial charge < -0.3 is 11.1 Å². The Morgan fingerprint density at radius 2 is 1.82 bits per heavy atom. The smallest absolute Gasteiger partial charge is 0.221 e. The van der Waals surface area contributed by atoms with Gasteiger partial charge in [0.1, 0.15) is 0 Å². The van der Waals surface area contributed by atoms with Crippen LogP contribution in [-0.4, -0.2) is 18.0 Å². The van der Waals surface area contributed by atoms with Gasteiger partial charge in [-0.15, -0.1) is 0 Å². The highest BCUT2D eigenvalue weighted by Gasteiger charge is 2.23. The summed E-state index contributed by atoms with van der Waals surface area (Å²) in [6.45, 7) is 4.21. The predicted molar refractivity (Wildman–Crippen MR) is 71.7 cm³/mol. The Morgan fingerprint density at radius 1 is 1.24 bits per heavy atom. The van der Waals surface area contributed by atoms with E-state index in [4.69, 9.17) is 5.73 Å². The minimum atomic E-state index is 0.0599. The van der Waals surface area contributed by atoms with E-state index in [1.165, 1.54) is 32.1 Å². The third kappa shape index (κ3) is 5.07. The van der Waals surface area contributed by atoms with Gasteiger partial charge in [-0.25, -0.2) is 0 Å². The zero-order valence-corrected chi connectivity index (χ0v) is 11.4. The Hall–Kier alpha value is -0.570. The maximum Gasteiger partial charge on any atom is 0.221 e. The maximum absolute atomic E-state index is 11.8. The SMILES string of the molecule is CCC(CC)NC(=O)CC(N)C1CCCCC1. The first-order valence-corrected chi connectivity index (χ1v) is 7.22. The van der Waals surface area contributed by atoms with Gasteiger partial charge in [-0.3, -0.25) is 4.79 Å². The Kier molecular flexibility index (Phi) is 6.56. The van der Waals surface area contributed by atoms with Crippen molar-refractivity contribution >= 4 is 5.91 Å². The molecule has 1 atom stereocenters. The molecule has 1 unspecified atom stereocenters. The van der Waals surface area contributed by atoms with Gasteiger partial charge in [0.2, 0.25) is 5.91 Å². The lowest BCUT2D eigenvalue weighted by molar-refractivity contribution is -0.122. The topological polar surface area (TPSA) is 55.1 Å². The Morgan fingerprint density at radius 3 is 2.35 bits per heavy atom. The third-order valence-corrected chi connectivity index (χ3v) is 4.03. The zero-order chi connectivity index (χ0) is 12.7. The van der Waals surface area contributed by atoms with Crippen LogP contribution in [0.15, 0.2) is 0 Å². The molecule has 1 aliphatic rings. The molecule has 1 aliphatic carbocycles. The van der Waals surface area contributed by atoms with Gasteiger partial charge in [0.05, 0.1) is 0 Å². The second kappa shape index (κ2) is 7.70. The molecular weight excluding hydrogens is 212 g/mol. The van der Waals surface area contributed by atoms with Crippen LogP contribution in [0, 0.1) is 5.92 Å². The Balaban J connectivity index is 2.29. The van der Waals surface area contributed by atoms with E-state index in [1.54, 1.807) is 0 Å². The van der Waals surface area contributed by atoms with Gasteiger partial charge in [-0.2, -0.15) is 0 Å². The van der Waals surface area contributed by atoms with Crippen molar-refractivity contribution in [2.75, 3.05) is 0 Å². The van der Waals surface area contributed by atoms with Crippen LogP contribution in [0.1, 0.15) is 65.2 Å². The van der Waals surface area contributed by atoms with E-state index in [9.17, 15) is 4.79 Å². The number of hydrogen-bond acceptors (Lipinski definition) is 2. The largest absolute Gasteiger partial charge is 0.353 e. The van der Waals surface area contributed by atoms with Gasteiger partial charge in [-0.05, 0) is 31.6 Å². The lowest BCUT2D eigenvalue weighted by Crippen LogP contribution is -2.40. The van der Waals surface area contributed by atoms with Crippen molar-refractivity contribution < 1.29 is 4.79 Å². The lowest BCUT2D eigenvalue weighted by Gasteiger charge is -2.27. The minimum absolute atomic E-state index is 0.0599. The highest BCUT2D eigenvalue weighted by Crippen LogP contribution is 2.26. The van der Waals surface area contributed by atoms with E-state index in [2.05, 4.69) is 19.2 Å². The molecule has 0 heterocycles. The molecule has 3 nitrogen and oxygen atoms in total. The molecule has 0 saturated heterocycles. The summed E-state index contributed by atoms with van der Waals surface area (Å²) in [4.78, 5) is 11.8. The summed E-state index contributed by atoms with van der Waals surface area (Å²) < 4.78 is 0. The fourth-order valence-corrected chi connectivity index (χ4v) is 2.72. The van der Waals surface area contributed by atoms with Crippen molar-refractivity contribution in [1.29, 1.82) is 0 Å². The molecule has 1 saturated carbocycles. The van der Waals surface area contributed by atoms with Crippen LogP contribution in [0.5, 0.6) is 0 Å². The van der Waals surface area contributed by atoms with Crippen LogP contribution in [0.4, 0.5) is 0 Å². The molecule has 0 aromatic rings. The molecule has 3 N–H and O–H groups in total. The fourth-order valence-electron chi connectivity index (χ4n) is 2.72. The number of carbonyl (C=O) groups excluding carboxylic acids is 1. The second-order valence-corrected chi connectivity index (χ2v) is 5.35. The first-order valence-electron chi connectivity index (χ1n) is 7.22. The van der Waals surface area contributed by atoms with E-state index in [0.717, 1.165) is 12.8 Å². The van der Waals surface area contributed by atoms with Crippen molar-refractivity contribution in [3.63, 3.8) is 0 Å². The van der Waals surface area contributed by atoms with Crippen molar-refractivity contribution in [3.8, 4) is 0 Å². The average Bonchev–Trinajstić information content (AvgIpc) is 2.37. The molecule has 1 rings (SSSR count). The lowest BCUT2D eigenvalue weighted by atomic mass is 9.83. The summed E-state index contributed by atoms with van der Waals surface area (Å²) in [6.07, 6.45) is 8.82. The summed E-state index contributed by atoms with van der Waals surface area (Å²) in [7, 11) is 0. The van der Waals surface area contributed by atoms with Gasteiger partial charge in [0, 0.05) is 18.5 Å². The predicted octanol–water partition coefficient (Wildman–Crippen LogP) is 2.59. The summed E-state index contributed by atoms with van der Waals surface area (Å²) in [5.41, 5.74) is 6.15. The van der Waals surface area contributed by atoms with Crippen molar-refractivity contribution in [2.45, 2.75) is 77.3 Å². The normalized spacial score (nSPS) is 19.3. The van der Waals surface area contributed by atoms with E-state index in [1.807, 2.05) is 0 Å². The van der Waals surface area contributed by atoms with Gasteiger partial charge >= 0.3 is 0 Å². The van der Waals surface area contributed by atoms with Crippen LogP contribution in [0.3, 0.4) is 0 Å². The molecule has 0 spiro atoms. The van der Waals surface area contributed by atoms with Gasteiger partial charge in [-0.1, -0.05) is 33.1 Å². The fraction of sp³-hybridized carbons (Fsp3) is 0.929. The first kappa shape index (κ1) is 14.5. The summed E-state index contributed by atoms with van der Waals surface area (Å²) in [5.74, 6) is 0.702. The van der Waals surface area contributed by atoms with Crippen LogP contribution in [0.2, 0.25) is 0 Å². The van der Waals surface area contributed by atoms with Crippen LogP contribution >= 0.6 is 0 Å².